The number of hydrogen-bond acceptors (Lipinski definition) is 4. The number of piperidine rings is 1. The number of carbonyl (C=O) groups excluding carboxylic acids is 2. The summed E-state index contributed by atoms with van der Waals surface area (Å²) in [5.41, 5.74) is 3.11. The highest BCUT2D eigenvalue weighted by Gasteiger charge is 2.19. The van der Waals surface area contributed by atoms with Crippen LogP contribution in [0.3, 0.4) is 0 Å². The van der Waals surface area contributed by atoms with Gasteiger partial charge >= 0.3 is 6.03 Å². The van der Waals surface area contributed by atoms with Gasteiger partial charge in [-0.25, -0.2) is 15.2 Å². The SMILES string of the molecule is CCNC(=O)NC(=O)C(C)NN1CCCCC1. The first-order valence-electron chi connectivity index (χ1n) is 6.23. The monoisotopic (exact) mass is 242 g/mol. The maximum Gasteiger partial charge on any atom is 0.321 e. The largest absolute Gasteiger partial charge is 0.338 e. The standard InChI is InChI=1S/C11H22N4O2/c1-3-12-11(17)13-10(16)9(2)14-15-7-5-4-6-8-15/h9,14H,3-8H2,1-2H3,(H2,12,13,16,17). The molecule has 0 aromatic rings. The minimum Gasteiger partial charge on any atom is -0.338 e. The molecule has 1 aliphatic rings. The van der Waals surface area contributed by atoms with E-state index in [1.807, 2.05) is 5.01 Å². The number of rotatable bonds is 4. The van der Waals surface area contributed by atoms with Gasteiger partial charge < -0.3 is 5.32 Å². The summed E-state index contributed by atoms with van der Waals surface area (Å²) in [6.07, 6.45) is 3.55. The number of urea groups is 1. The minimum absolute atomic E-state index is 0.304. The van der Waals surface area contributed by atoms with Gasteiger partial charge in [0.2, 0.25) is 5.91 Å². The van der Waals surface area contributed by atoms with Crippen LogP contribution < -0.4 is 16.1 Å². The van der Waals surface area contributed by atoms with E-state index >= 15 is 0 Å². The van der Waals surface area contributed by atoms with Crippen molar-refractivity contribution in [2.24, 2.45) is 0 Å². The van der Waals surface area contributed by atoms with Gasteiger partial charge in [-0.15, -0.1) is 0 Å². The van der Waals surface area contributed by atoms with Gasteiger partial charge in [-0.2, -0.15) is 0 Å². The van der Waals surface area contributed by atoms with Crippen molar-refractivity contribution in [3.05, 3.63) is 0 Å². The van der Waals surface area contributed by atoms with Crippen molar-refractivity contribution >= 4 is 11.9 Å². The van der Waals surface area contributed by atoms with E-state index in [0.29, 0.717) is 6.54 Å². The van der Waals surface area contributed by atoms with Crippen LogP contribution in [-0.4, -0.2) is 42.6 Å². The van der Waals surface area contributed by atoms with Gasteiger partial charge in [0.15, 0.2) is 0 Å². The molecule has 0 aromatic heterocycles. The van der Waals surface area contributed by atoms with E-state index in [1.54, 1.807) is 13.8 Å². The highest BCUT2D eigenvalue weighted by molar-refractivity contribution is 5.96. The summed E-state index contributed by atoms with van der Waals surface area (Å²) in [7, 11) is 0. The molecule has 1 unspecified atom stereocenters. The maximum atomic E-state index is 11.6. The highest BCUT2D eigenvalue weighted by Crippen LogP contribution is 2.06. The zero-order valence-electron chi connectivity index (χ0n) is 10.6. The zero-order valence-corrected chi connectivity index (χ0v) is 10.6. The lowest BCUT2D eigenvalue weighted by Crippen LogP contribution is -2.54. The third kappa shape index (κ3) is 5.14. The summed E-state index contributed by atoms with van der Waals surface area (Å²) in [6.45, 7) is 5.98. The van der Waals surface area contributed by atoms with Crippen LogP contribution in [0.25, 0.3) is 0 Å². The number of carbonyl (C=O) groups is 2. The predicted octanol–water partition coefficient (Wildman–Crippen LogP) is 0.211. The van der Waals surface area contributed by atoms with Crippen LogP contribution in [0.4, 0.5) is 4.79 Å². The molecule has 6 heteroatoms. The molecule has 0 saturated carbocycles. The second kappa shape index (κ2) is 7.24. The summed E-state index contributed by atoms with van der Waals surface area (Å²) in [5, 5.41) is 6.86. The van der Waals surface area contributed by atoms with E-state index in [-0.39, 0.29) is 5.91 Å². The molecule has 6 nitrogen and oxygen atoms in total. The molecule has 17 heavy (non-hydrogen) atoms. The van der Waals surface area contributed by atoms with Crippen LogP contribution in [0.1, 0.15) is 33.1 Å². The molecule has 1 saturated heterocycles. The van der Waals surface area contributed by atoms with Crippen molar-refractivity contribution in [2.45, 2.75) is 39.2 Å². The molecule has 1 rings (SSSR count). The number of nitrogens with zero attached hydrogens (tertiary/aromatic N) is 1. The van der Waals surface area contributed by atoms with Crippen molar-refractivity contribution in [2.75, 3.05) is 19.6 Å². The fourth-order valence-electron chi connectivity index (χ4n) is 1.78. The molecular weight excluding hydrogens is 220 g/mol. The number of hydrazine groups is 1. The first kappa shape index (κ1) is 13.9. The van der Waals surface area contributed by atoms with Crippen LogP contribution in [0.15, 0.2) is 0 Å². The summed E-state index contributed by atoms with van der Waals surface area (Å²) >= 11 is 0. The van der Waals surface area contributed by atoms with Gasteiger partial charge in [0.1, 0.15) is 0 Å². The van der Waals surface area contributed by atoms with Crippen LogP contribution >= 0.6 is 0 Å². The average molecular weight is 242 g/mol. The summed E-state index contributed by atoms with van der Waals surface area (Å²) in [5.74, 6) is -0.304. The molecule has 0 bridgehead atoms. The Morgan fingerprint density at radius 1 is 1.24 bits per heavy atom. The van der Waals surface area contributed by atoms with Gasteiger partial charge in [-0.1, -0.05) is 6.42 Å². The molecule has 1 heterocycles. The van der Waals surface area contributed by atoms with Crippen molar-refractivity contribution < 1.29 is 9.59 Å². The number of nitrogens with one attached hydrogen (secondary N) is 3. The molecular formula is C11H22N4O2. The van der Waals surface area contributed by atoms with Crippen molar-refractivity contribution in [3.8, 4) is 0 Å². The molecule has 3 amide bonds. The Balaban J connectivity index is 2.28. The van der Waals surface area contributed by atoms with Crippen LogP contribution in [-0.2, 0) is 4.79 Å². The summed E-state index contributed by atoms with van der Waals surface area (Å²) < 4.78 is 0. The Labute approximate surface area is 102 Å². The number of imide groups is 1. The van der Waals surface area contributed by atoms with Crippen molar-refractivity contribution in [3.63, 3.8) is 0 Å². The molecule has 0 spiro atoms. The van der Waals surface area contributed by atoms with E-state index in [0.717, 1.165) is 25.9 Å². The van der Waals surface area contributed by atoms with E-state index in [4.69, 9.17) is 0 Å². The van der Waals surface area contributed by atoms with E-state index in [1.165, 1.54) is 6.42 Å². The lowest BCUT2D eigenvalue weighted by atomic mass is 10.2. The van der Waals surface area contributed by atoms with Crippen molar-refractivity contribution in [1.29, 1.82) is 0 Å². The van der Waals surface area contributed by atoms with Gasteiger partial charge in [0.05, 0.1) is 6.04 Å². The van der Waals surface area contributed by atoms with E-state index in [2.05, 4.69) is 16.1 Å². The van der Waals surface area contributed by atoms with E-state index in [9.17, 15) is 9.59 Å². The summed E-state index contributed by atoms with van der Waals surface area (Å²) in [4.78, 5) is 22.8. The topological polar surface area (TPSA) is 73.5 Å². The Hall–Kier alpha value is -1.14. The Morgan fingerprint density at radius 2 is 1.88 bits per heavy atom. The highest BCUT2D eigenvalue weighted by atomic mass is 16.2. The van der Waals surface area contributed by atoms with Gasteiger partial charge in [0.25, 0.3) is 0 Å². The van der Waals surface area contributed by atoms with Gasteiger partial charge in [0, 0.05) is 19.6 Å². The second-order valence-electron chi connectivity index (χ2n) is 4.25. The Morgan fingerprint density at radius 3 is 2.47 bits per heavy atom. The lowest BCUT2D eigenvalue weighted by Gasteiger charge is -2.29. The molecule has 0 aromatic carbocycles. The van der Waals surface area contributed by atoms with Crippen molar-refractivity contribution in [1.82, 2.24) is 21.1 Å². The first-order chi connectivity index (χ1) is 8.13. The Kier molecular flexibility index (Phi) is 5.93. The number of hydrogen-bond donors (Lipinski definition) is 3. The molecule has 0 aliphatic carbocycles. The number of amides is 3. The predicted molar refractivity (Wildman–Crippen MR) is 65.2 cm³/mol. The third-order valence-electron chi connectivity index (χ3n) is 2.70. The second-order valence-corrected chi connectivity index (χ2v) is 4.25. The lowest BCUT2D eigenvalue weighted by molar-refractivity contribution is -0.123. The summed E-state index contributed by atoms with van der Waals surface area (Å²) in [6, 6.07) is -0.833. The molecule has 1 aliphatic heterocycles. The molecule has 3 N–H and O–H groups in total. The quantitative estimate of drug-likeness (QED) is 0.659. The van der Waals surface area contributed by atoms with Crippen LogP contribution in [0.2, 0.25) is 0 Å². The maximum absolute atomic E-state index is 11.6. The first-order valence-corrected chi connectivity index (χ1v) is 6.23. The smallest absolute Gasteiger partial charge is 0.321 e. The fourth-order valence-corrected chi connectivity index (χ4v) is 1.78. The molecule has 0 radical (unpaired) electrons. The normalized spacial score (nSPS) is 18.5. The minimum atomic E-state index is -0.440. The third-order valence-corrected chi connectivity index (χ3v) is 2.70. The average Bonchev–Trinajstić information content (AvgIpc) is 2.30. The van der Waals surface area contributed by atoms with E-state index < -0.39 is 12.1 Å². The Bertz CT molecular complexity index is 264. The molecule has 1 fully saturated rings. The van der Waals surface area contributed by atoms with Crippen LogP contribution in [0.5, 0.6) is 0 Å². The van der Waals surface area contributed by atoms with Gasteiger partial charge in [-0.3, -0.25) is 10.1 Å². The fraction of sp³-hybridized carbons (Fsp3) is 0.818. The molecule has 1 atom stereocenters. The van der Waals surface area contributed by atoms with Crippen LogP contribution in [0, 0.1) is 0 Å². The molecule has 98 valence electrons. The zero-order chi connectivity index (χ0) is 12.7. The van der Waals surface area contributed by atoms with Gasteiger partial charge in [-0.05, 0) is 26.7 Å².